The summed E-state index contributed by atoms with van der Waals surface area (Å²) in [7, 11) is 0. The summed E-state index contributed by atoms with van der Waals surface area (Å²) in [5, 5.41) is 3.21. The molecular formula is C5H6BrNO. The van der Waals surface area contributed by atoms with Crippen LogP contribution in [0.25, 0.3) is 0 Å². The SMILES string of the molecule is [2H]C([2H])([2H])c1noc(C([2H])([2H])[2H])c1Br. The Balaban J connectivity index is 3.23. The molecular weight excluding hydrogens is 170 g/mol. The first-order chi connectivity index (χ1) is 6.14. The van der Waals surface area contributed by atoms with Gasteiger partial charge in [0.1, 0.15) is 5.76 Å². The van der Waals surface area contributed by atoms with E-state index < -0.39 is 19.5 Å². The van der Waals surface area contributed by atoms with Crippen molar-refractivity contribution >= 4 is 15.9 Å². The Bertz CT molecular complexity index is 307. The molecule has 0 saturated carbocycles. The van der Waals surface area contributed by atoms with Crippen molar-refractivity contribution in [1.82, 2.24) is 5.16 Å². The van der Waals surface area contributed by atoms with E-state index >= 15 is 0 Å². The molecule has 0 bridgehead atoms. The summed E-state index contributed by atoms with van der Waals surface area (Å²) >= 11 is 2.85. The molecule has 0 amide bonds. The van der Waals surface area contributed by atoms with Crippen molar-refractivity contribution in [1.29, 1.82) is 0 Å². The Labute approximate surface area is 64.4 Å². The first-order valence-electron chi connectivity index (χ1n) is 4.80. The summed E-state index contributed by atoms with van der Waals surface area (Å²) in [5.41, 5.74) is -0.372. The van der Waals surface area contributed by atoms with Gasteiger partial charge < -0.3 is 4.52 Å². The van der Waals surface area contributed by atoms with E-state index in [4.69, 9.17) is 8.22 Å². The number of hydrogen-bond donors (Lipinski definition) is 0. The summed E-state index contributed by atoms with van der Waals surface area (Å²) in [5.74, 6) is -0.441. The molecule has 0 aliphatic heterocycles. The van der Waals surface area contributed by atoms with Gasteiger partial charge in [-0.05, 0) is 29.6 Å². The van der Waals surface area contributed by atoms with Crippen molar-refractivity contribution in [3.63, 3.8) is 0 Å². The minimum absolute atomic E-state index is 0.113. The summed E-state index contributed by atoms with van der Waals surface area (Å²) < 4.78 is 46.5. The number of rotatable bonds is 0. The van der Waals surface area contributed by atoms with Gasteiger partial charge in [0, 0.05) is 8.22 Å². The third-order valence-electron chi connectivity index (χ3n) is 0.635. The van der Waals surface area contributed by atoms with Gasteiger partial charge in [-0.1, -0.05) is 5.16 Å². The van der Waals surface area contributed by atoms with Crippen LogP contribution in [0.2, 0.25) is 0 Å². The maximum absolute atomic E-state index is 7.03. The van der Waals surface area contributed by atoms with Crippen LogP contribution in [-0.2, 0) is 0 Å². The van der Waals surface area contributed by atoms with Crippen molar-refractivity contribution < 1.29 is 12.7 Å². The standard InChI is InChI=1S/C5H6BrNO/c1-3-5(6)4(2)8-7-3/h1-2H3/i1D3,2D3. The maximum Gasteiger partial charge on any atom is 0.148 e. The van der Waals surface area contributed by atoms with E-state index in [1.807, 2.05) is 0 Å². The second-order valence-corrected chi connectivity index (χ2v) is 1.97. The lowest BCUT2D eigenvalue weighted by atomic mass is 10.4. The first kappa shape index (κ1) is 1.84. The second-order valence-electron chi connectivity index (χ2n) is 1.17. The molecule has 3 heteroatoms. The van der Waals surface area contributed by atoms with Gasteiger partial charge in [0.15, 0.2) is 0 Å². The van der Waals surface area contributed by atoms with Crippen LogP contribution < -0.4 is 0 Å². The zero-order valence-corrected chi connectivity index (χ0v) is 5.32. The molecule has 44 valence electrons. The minimum Gasteiger partial charge on any atom is -0.360 e. The average molecular weight is 182 g/mol. The molecule has 0 aliphatic rings. The highest BCUT2D eigenvalue weighted by atomic mass is 79.9. The molecule has 0 atom stereocenters. The van der Waals surface area contributed by atoms with Crippen molar-refractivity contribution in [3.05, 3.63) is 15.9 Å². The first-order valence-corrected chi connectivity index (χ1v) is 2.59. The zero-order valence-electron chi connectivity index (χ0n) is 9.73. The Hall–Kier alpha value is -0.310. The normalized spacial score (nSPS) is 24.1. The number of nitrogens with zero attached hydrogens (tertiary/aromatic N) is 1. The fourth-order valence-electron chi connectivity index (χ4n) is 0.279. The topological polar surface area (TPSA) is 26.0 Å². The molecule has 0 saturated heterocycles. The number of aryl methyl sites for hydroxylation is 2. The average Bonchev–Trinajstić information content (AvgIpc) is 2.26. The van der Waals surface area contributed by atoms with Crippen LogP contribution in [0.1, 0.15) is 19.7 Å². The maximum atomic E-state index is 7.03. The van der Waals surface area contributed by atoms with Gasteiger partial charge in [0.2, 0.25) is 0 Å². The number of aromatic nitrogens is 1. The van der Waals surface area contributed by atoms with Crippen LogP contribution >= 0.6 is 15.9 Å². The molecule has 1 aromatic heterocycles. The summed E-state index contributed by atoms with van der Waals surface area (Å²) in [6, 6.07) is 0. The van der Waals surface area contributed by atoms with Crippen molar-refractivity contribution in [2.75, 3.05) is 0 Å². The second kappa shape index (κ2) is 1.90. The lowest BCUT2D eigenvalue weighted by molar-refractivity contribution is 0.392. The lowest BCUT2D eigenvalue weighted by Crippen LogP contribution is -1.66. The van der Waals surface area contributed by atoms with Crippen LogP contribution in [0.3, 0.4) is 0 Å². The molecule has 0 radical (unpaired) electrons. The van der Waals surface area contributed by atoms with Crippen molar-refractivity contribution in [3.8, 4) is 0 Å². The molecule has 1 aromatic rings. The van der Waals surface area contributed by atoms with Crippen LogP contribution in [-0.4, -0.2) is 5.16 Å². The minimum atomic E-state index is -2.50. The van der Waals surface area contributed by atoms with Crippen LogP contribution in [0.15, 0.2) is 9.00 Å². The van der Waals surface area contributed by atoms with Crippen LogP contribution in [0.5, 0.6) is 0 Å². The smallest absolute Gasteiger partial charge is 0.148 e. The van der Waals surface area contributed by atoms with Gasteiger partial charge in [0.05, 0.1) is 10.2 Å². The van der Waals surface area contributed by atoms with E-state index in [-0.39, 0.29) is 10.2 Å². The third-order valence-corrected chi connectivity index (χ3v) is 1.37. The summed E-state index contributed by atoms with van der Waals surface area (Å²) in [4.78, 5) is 0. The zero-order chi connectivity index (χ0) is 11.1. The molecule has 1 rings (SSSR count). The number of halogens is 1. The third kappa shape index (κ3) is 0.777. The molecule has 8 heavy (non-hydrogen) atoms. The molecule has 0 fully saturated rings. The highest BCUT2D eigenvalue weighted by Gasteiger charge is 2.02. The van der Waals surface area contributed by atoms with E-state index in [0.29, 0.717) is 0 Å². The molecule has 1 heterocycles. The molecule has 0 aromatic carbocycles. The largest absolute Gasteiger partial charge is 0.360 e. The Morgan fingerprint density at radius 3 is 3.00 bits per heavy atom. The van der Waals surface area contributed by atoms with Crippen molar-refractivity contribution in [2.24, 2.45) is 0 Å². The van der Waals surface area contributed by atoms with E-state index in [9.17, 15) is 0 Å². The van der Waals surface area contributed by atoms with Crippen LogP contribution in [0, 0.1) is 13.7 Å². The number of hydrogen-bond acceptors (Lipinski definition) is 2. The molecule has 0 spiro atoms. The van der Waals surface area contributed by atoms with E-state index in [1.165, 1.54) is 0 Å². The molecule has 0 N–H and O–H groups in total. The summed E-state index contributed by atoms with van der Waals surface area (Å²) in [6.07, 6.45) is 0. The monoisotopic (exact) mass is 181 g/mol. The van der Waals surface area contributed by atoms with E-state index in [2.05, 4.69) is 25.6 Å². The Kier molecular flexibility index (Phi) is 0.435. The van der Waals surface area contributed by atoms with E-state index in [0.717, 1.165) is 0 Å². The highest BCUT2D eigenvalue weighted by molar-refractivity contribution is 9.10. The van der Waals surface area contributed by atoms with Crippen LogP contribution in [0.4, 0.5) is 0 Å². The highest BCUT2D eigenvalue weighted by Crippen LogP contribution is 2.18. The Morgan fingerprint density at radius 1 is 1.75 bits per heavy atom. The molecule has 0 aliphatic carbocycles. The van der Waals surface area contributed by atoms with Crippen molar-refractivity contribution in [2.45, 2.75) is 13.7 Å². The molecule has 2 nitrogen and oxygen atoms in total. The predicted molar refractivity (Wildman–Crippen MR) is 33.7 cm³/mol. The summed E-state index contributed by atoms with van der Waals surface area (Å²) in [6.45, 7) is -4.98. The quantitative estimate of drug-likeness (QED) is 0.613. The Morgan fingerprint density at radius 2 is 2.62 bits per heavy atom. The van der Waals surface area contributed by atoms with Gasteiger partial charge >= 0.3 is 0 Å². The van der Waals surface area contributed by atoms with Gasteiger partial charge in [-0.2, -0.15) is 0 Å². The lowest BCUT2D eigenvalue weighted by Gasteiger charge is -1.77. The van der Waals surface area contributed by atoms with Gasteiger partial charge in [-0.3, -0.25) is 0 Å². The van der Waals surface area contributed by atoms with Gasteiger partial charge in [-0.15, -0.1) is 0 Å². The molecule has 0 unspecified atom stereocenters. The predicted octanol–water partition coefficient (Wildman–Crippen LogP) is 2.05. The van der Waals surface area contributed by atoms with E-state index in [1.54, 1.807) is 0 Å². The fraction of sp³-hybridized carbons (Fsp3) is 0.400. The van der Waals surface area contributed by atoms with Gasteiger partial charge in [0.25, 0.3) is 0 Å². The van der Waals surface area contributed by atoms with Gasteiger partial charge in [-0.25, -0.2) is 0 Å². The fourth-order valence-corrected chi connectivity index (χ4v) is 0.424.